The maximum atomic E-state index is 9.08. The van der Waals surface area contributed by atoms with Crippen molar-refractivity contribution in [3.8, 4) is 11.8 Å². The largest absolute Gasteiger partial charge is 0.495 e. The Balaban J connectivity index is 2.54. The predicted molar refractivity (Wildman–Crippen MR) is 59.5 cm³/mol. The molecule has 1 fully saturated rings. The lowest BCUT2D eigenvalue weighted by molar-refractivity contribution is 0.414. The molecule has 78 valence electrons. The van der Waals surface area contributed by atoms with Crippen molar-refractivity contribution in [1.29, 1.82) is 5.26 Å². The average Bonchev–Trinajstić information content (AvgIpc) is 2.99. The number of methoxy groups -OCH3 is 1. The van der Waals surface area contributed by atoms with Gasteiger partial charge in [-0.2, -0.15) is 5.26 Å². The van der Waals surface area contributed by atoms with Crippen molar-refractivity contribution in [2.75, 3.05) is 7.11 Å². The number of rotatable bonds is 2. The summed E-state index contributed by atoms with van der Waals surface area (Å²) in [6.45, 7) is 0. The summed E-state index contributed by atoms with van der Waals surface area (Å²) in [5, 5.41) is 10.1. The molecule has 0 saturated heterocycles. The minimum atomic E-state index is -0.408. The van der Waals surface area contributed by atoms with Gasteiger partial charge in [0.2, 0.25) is 0 Å². The summed E-state index contributed by atoms with van der Waals surface area (Å²) < 4.78 is 5.11. The van der Waals surface area contributed by atoms with E-state index in [9.17, 15) is 0 Å². The summed E-state index contributed by atoms with van der Waals surface area (Å²) in [5.41, 5.74) is 0.419. The van der Waals surface area contributed by atoms with Crippen molar-refractivity contribution in [3.05, 3.63) is 27.7 Å². The van der Waals surface area contributed by atoms with Gasteiger partial charge in [0.05, 0.1) is 23.6 Å². The highest BCUT2D eigenvalue weighted by Crippen LogP contribution is 2.51. The Kier molecular flexibility index (Phi) is 2.54. The SMILES string of the molecule is COc1cc(C2(C#N)CC2)c(Cl)cc1Cl. The second-order valence-electron chi connectivity index (χ2n) is 3.66. The Morgan fingerprint density at radius 1 is 1.33 bits per heavy atom. The van der Waals surface area contributed by atoms with Gasteiger partial charge in [-0.25, -0.2) is 0 Å². The molecule has 0 bridgehead atoms. The van der Waals surface area contributed by atoms with Gasteiger partial charge in [0.25, 0.3) is 0 Å². The Hall–Kier alpha value is -0.910. The number of benzene rings is 1. The number of nitrogens with zero attached hydrogens (tertiary/aromatic N) is 1. The lowest BCUT2D eigenvalue weighted by atomic mass is 9.97. The van der Waals surface area contributed by atoms with Crippen LogP contribution in [0, 0.1) is 11.3 Å². The second kappa shape index (κ2) is 3.59. The number of hydrogen-bond donors (Lipinski definition) is 0. The molecule has 2 nitrogen and oxygen atoms in total. The van der Waals surface area contributed by atoms with E-state index in [0.717, 1.165) is 18.4 Å². The summed E-state index contributed by atoms with van der Waals surface area (Å²) in [5.74, 6) is 0.567. The standard InChI is InChI=1S/C11H9Cl2NO/c1-15-10-4-7(8(12)5-9(10)13)11(6-14)2-3-11/h4-5H,2-3H2,1H3. The Morgan fingerprint density at radius 2 is 2.00 bits per heavy atom. The zero-order chi connectivity index (χ0) is 11.1. The fourth-order valence-corrected chi connectivity index (χ4v) is 2.26. The zero-order valence-corrected chi connectivity index (χ0v) is 9.69. The van der Waals surface area contributed by atoms with Gasteiger partial charge in [0.1, 0.15) is 5.75 Å². The van der Waals surface area contributed by atoms with Crippen LogP contribution in [-0.4, -0.2) is 7.11 Å². The first-order chi connectivity index (χ1) is 7.13. The number of halogens is 2. The molecular weight excluding hydrogens is 233 g/mol. The summed E-state index contributed by atoms with van der Waals surface area (Å²) in [7, 11) is 1.55. The maximum absolute atomic E-state index is 9.08. The summed E-state index contributed by atoms with van der Waals surface area (Å²) in [6, 6.07) is 5.70. The molecule has 0 aliphatic heterocycles. The third-order valence-corrected chi connectivity index (χ3v) is 3.33. The molecular formula is C11H9Cl2NO. The van der Waals surface area contributed by atoms with E-state index in [-0.39, 0.29) is 0 Å². The topological polar surface area (TPSA) is 33.0 Å². The van der Waals surface area contributed by atoms with Crippen LogP contribution >= 0.6 is 23.2 Å². The molecule has 1 aliphatic carbocycles. The second-order valence-corrected chi connectivity index (χ2v) is 4.47. The van der Waals surface area contributed by atoms with Crippen molar-refractivity contribution in [3.63, 3.8) is 0 Å². The molecule has 0 aromatic heterocycles. The third kappa shape index (κ3) is 1.67. The molecule has 2 rings (SSSR count). The van der Waals surface area contributed by atoms with E-state index in [1.54, 1.807) is 19.2 Å². The lowest BCUT2D eigenvalue weighted by Gasteiger charge is -2.12. The quantitative estimate of drug-likeness (QED) is 0.794. The van der Waals surface area contributed by atoms with E-state index in [1.807, 2.05) is 0 Å². The molecule has 0 N–H and O–H groups in total. The van der Waals surface area contributed by atoms with Gasteiger partial charge in [0.15, 0.2) is 0 Å². The van der Waals surface area contributed by atoms with Crippen molar-refractivity contribution >= 4 is 23.2 Å². The van der Waals surface area contributed by atoms with Crippen LogP contribution in [0.25, 0.3) is 0 Å². The van der Waals surface area contributed by atoms with E-state index in [1.165, 1.54) is 0 Å². The molecule has 0 unspecified atom stereocenters. The molecule has 1 saturated carbocycles. The molecule has 1 aromatic rings. The van der Waals surface area contributed by atoms with Crippen molar-refractivity contribution in [2.24, 2.45) is 0 Å². The minimum Gasteiger partial charge on any atom is -0.495 e. The van der Waals surface area contributed by atoms with E-state index in [2.05, 4.69) is 6.07 Å². The monoisotopic (exact) mass is 241 g/mol. The number of nitriles is 1. The van der Waals surface area contributed by atoms with Gasteiger partial charge in [-0.1, -0.05) is 23.2 Å². The molecule has 4 heteroatoms. The minimum absolute atomic E-state index is 0.408. The van der Waals surface area contributed by atoms with Crippen LogP contribution in [0.2, 0.25) is 10.0 Å². The highest BCUT2D eigenvalue weighted by atomic mass is 35.5. The fourth-order valence-electron chi connectivity index (χ4n) is 1.62. The predicted octanol–water partition coefficient (Wildman–Crippen LogP) is 3.56. The smallest absolute Gasteiger partial charge is 0.137 e. The average molecular weight is 242 g/mol. The molecule has 15 heavy (non-hydrogen) atoms. The van der Waals surface area contributed by atoms with Crippen LogP contribution in [0.5, 0.6) is 5.75 Å². The summed E-state index contributed by atoms with van der Waals surface area (Å²) in [6.07, 6.45) is 1.71. The first kappa shape index (κ1) is 10.6. The Bertz CT molecular complexity index is 447. The van der Waals surface area contributed by atoms with Crippen LogP contribution in [0.15, 0.2) is 12.1 Å². The first-order valence-corrected chi connectivity index (χ1v) is 5.33. The van der Waals surface area contributed by atoms with Crippen molar-refractivity contribution < 1.29 is 4.74 Å². The number of hydrogen-bond acceptors (Lipinski definition) is 2. The third-order valence-electron chi connectivity index (χ3n) is 2.72. The molecule has 0 atom stereocenters. The summed E-state index contributed by atoms with van der Waals surface area (Å²) in [4.78, 5) is 0. The van der Waals surface area contributed by atoms with Crippen LogP contribution in [0.1, 0.15) is 18.4 Å². The molecule has 1 aliphatic rings. The van der Waals surface area contributed by atoms with Gasteiger partial charge < -0.3 is 4.74 Å². The lowest BCUT2D eigenvalue weighted by Crippen LogP contribution is -2.04. The molecule has 0 spiro atoms. The molecule has 1 aromatic carbocycles. The highest BCUT2D eigenvalue weighted by molar-refractivity contribution is 6.36. The van der Waals surface area contributed by atoms with Crippen LogP contribution in [0.4, 0.5) is 0 Å². The van der Waals surface area contributed by atoms with Crippen molar-refractivity contribution in [2.45, 2.75) is 18.3 Å². The molecule has 0 amide bonds. The van der Waals surface area contributed by atoms with E-state index in [4.69, 9.17) is 33.2 Å². The van der Waals surface area contributed by atoms with Gasteiger partial charge in [-0.3, -0.25) is 0 Å². The van der Waals surface area contributed by atoms with Gasteiger partial charge >= 0.3 is 0 Å². The van der Waals surface area contributed by atoms with Gasteiger partial charge in [-0.05, 0) is 30.5 Å². The van der Waals surface area contributed by atoms with E-state index < -0.39 is 5.41 Å². The highest BCUT2D eigenvalue weighted by Gasteiger charge is 2.46. The van der Waals surface area contributed by atoms with Gasteiger partial charge in [-0.15, -0.1) is 0 Å². The van der Waals surface area contributed by atoms with E-state index in [0.29, 0.717) is 15.8 Å². The van der Waals surface area contributed by atoms with Gasteiger partial charge in [0, 0.05) is 5.02 Å². The van der Waals surface area contributed by atoms with Crippen molar-refractivity contribution in [1.82, 2.24) is 0 Å². The van der Waals surface area contributed by atoms with E-state index >= 15 is 0 Å². The van der Waals surface area contributed by atoms with Crippen LogP contribution in [-0.2, 0) is 5.41 Å². The normalized spacial score (nSPS) is 16.9. The maximum Gasteiger partial charge on any atom is 0.137 e. The Labute approximate surface area is 98.4 Å². The molecule has 0 heterocycles. The number of ether oxygens (including phenoxy) is 1. The first-order valence-electron chi connectivity index (χ1n) is 4.58. The van der Waals surface area contributed by atoms with Crippen LogP contribution in [0.3, 0.4) is 0 Å². The summed E-state index contributed by atoms with van der Waals surface area (Å²) >= 11 is 12.0. The molecule has 0 radical (unpaired) electrons. The Morgan fingerprint density at radius 3 is 2.47 bits per heavy atom. The zero-order valence-electron chi connectivity index (χ0n) is 8.18. The van der Waals surface area contributed by atoms with Crippen LogP contribution < -0.4 is 4.74 Å². The fraction of sp³-hybridized carbons (Fsp3) is 0.364.